The second-order valence-corrected chi connectivity index (χ2v) is 8.39. The predicted molar refractivity (Wildman–Crippen MR) is 131 cm³/mol. The van der Waals surface area contributed by atoms with Crippen LogP contribution in [0.25, 0.3) is 0 Å². The minimum absolute atomic E-state index is 0.125. The van der Waals surface area contributed by atoms with Crippen LogP contribution in [0.2, 0.25) is 0 Å². The Kier molecular flexibility index (Phi) is 9.02. The molecule has 3 aromatic carbocycles. The summed E-state index contributed by atoms with van der Waals surface area (Å²) in [7, 11) is 0. The molecule has 1 aliphatic heterocycles. The Morgan fingerprint density at radius 2 is 1.21 bits per heavy atom. The van der Waals surface area contributed by atoms with Gasteiger partial charge in [-0.3, -0.25) is 0 Å². The molecule has 4 rings (SSSR count). The van der Waals surface area contributed by atoms with E-state index in [0.29, 0.717) is 19.8 Å². The normalized spacial score (nSPS) is 23.0. The summed E-state index contributed by atoms with van der Waals surface area (Å²) < 4.78 is 24.5. The number of benzene rings is 3. The smallest absolute Gasteiger partial charge is 0.116 e. The van der Waals surface area contributed by atoms with Gasteiger partial charge in [-0.25, -0.2) is 0 Å². The minimum Gasteiger partial charge on any atom is -0.388 e. The van der Waals surface area contributed by atoms with Crippen molar-refractivity contribution in [1.82, 2.24) is 0 Å². The van der Waals surface area contributed by atoms with E-state index in [1.54, 1.807) is 6.08 Å². The standard InChI is InChI=1S/C29H32O5/c1-2-26-28(32-19-23-14-8-4-9-15-23)29(33-20-24-16-10-5-11-17-24)27(34-26)25(30)21-31-18-22-12-6-3-7-13-22/h2-17,25-30H,1,18-21H2/t25-,26-,27+,28+,29+/m1/s1. The lowest BCUT2D eigenvalue weighted by molar-refractivity contribution is -0.115. The molecule has 3 aromatic rings. The highest BCUT2D eigenvalue weighted by Gasteiger charge is 2.48. The molecule has 1 fully saturated rings. The third-order valence-electron chi connectivity index (χ3n) is 5.87. The molecule has 0 radical (unpaired) electrons. The summed E-state index contributed by atoms with van der Waals surface area (Å²) in [6.07, 6.45) is -1.07. The van der Waals surface area contributed by atoms with Gasteiger partial charge in [-0.1, -0.05) is 97.1 Å². The zero-order valence-corrected chi connectivity index (χ0v) is 19.2. The van der Waals surface area contributed by atoms with Gasteiger partial charge in [-0.05, 0) is 16.7 Å². The van der Waals surface area contributed by atoms with Crippen LogP contribution in [0.5, 0.6) is 0 Å². The van der Waals surface area contributed by atoms with Crippen LogP contribution < -0.4 is 0 Å². The van der Waals surface area contributed by atoms with E-state index in [2.05, 4.69) is 6.58 Å². The number of aliphatic hydroxyl groups excluding tert-OH is 1. The molecule has 5 atom stereocenters. The van der Waals surface area contributed by atoms with E-state index >= 15 is 0 Å². The highest BCUT2D eigenvalue weighted by Crippen LogP contribution is 2.31. The lowest BCUT2D eigenvalue weighted by Gasteiger charge is -2.27. The van der Waals surface area contributed by atoms with Gasteiger partial charge in [0.15, 0.2) is 0 Å². The first kappa shape index (κ1) is 24.3. The second kappa shape index (κ2) is 12.6. The SMILES string of the molecule is C=C[C@H]1O[C@@H]([C@H](O)COCc2ccccc2)[C@H](OCc2ccccc2)[C@H]1OCc1ccccc1. The maximum atomic E-state index is 11.0. The number of ether oxygens (including phenoxy) is 4. The first-order valence-corrected chi connectivity index (χ1v) is 11.6. The molecule has 1 saturated heterocycles. The molecule has 34 heavy (non-hydrogen) atoms. The van der Waals surface area contributed by atoms with Crippen molar-refractivity contribution in [3.63, 3.8) is 0 Å². The molecular formula is C29H32O5. The average molecular weight is 461 g/mol. The van der Waals surface area contributed by atoms with Crippen molar-refractivity contribution in [3.05, 3.63) is 120 Å². The largest absolute Gasteiger partial charge is 0.388 e. The van der Waals surface area contributed by atoms with E-state index in [1.807, 2.05) is 91.0 Å². The third kappa shape index (κ3) is 6.63. The summed E-state index contributed by atoms with van der Waals surface area (Å²) in [6.45, 7) is 5.26. The molecule has 178 valence electrons. The van der Waals surface area contributed by atoms with Crippen LogP contribution in [0.3, 0.4) is 0 Å². The van der Waals surface area contributed by atoms with Gasteiger partial charge in [-0.15, -0.1) is 6.58 Å². The van der Waals surface area contributed by atoms with E-state index < -0.39 is 30.5 Å². The summed E-state index contributed by atoms with van der Waals surface area (Å²) >= 11 is 0. The molecule has 1 N–H and O–H groups in total. The van der Waals surface area contributed by atoms with Gasteiger partial charge in [0.2, 0.25) is 0 Å². The van der Waals surface area contributed by atoms with E-state index in [1.165, 1.54) is 0 Å². The molecule has 5 nitrogen and oxygen atoms in total. The summed E-state index contributed by atoms with van der Waals surface area (Å²) in [5.74, 6) is 0. The zero-order chi connectivity index (χ0) is 23.6. The summed E-state index contributed by atoms with van der Waals surface area (Å²) in [5, 5.41) is 11.0. The molecule has 0 saturated carbocycles. The van der Waals surface area contributed by atoms with Gasteiger partial charge in [0.25, 0.3) is 0 Å². The van der Waals surface area contributed by atoms with Crippen molar-refractivity contribution in [2.45, 2.75) is 50.3 Å². The minimum atomic E-state index is -0.878. The number of aliphatic hydroxyl groups is 1. The second-order valence-electron chi connectivity index (χ2n) is 8.39. The van der Waals surface area contributed by atoms with Crippen molar-refractivity contribution in [2.24, 2.45) is 0 Å². The van der Waals surface area contributed by atoms with Gasteiger partial charge in [0, 0.05) is 0 Å². The summed E-state index contributed by atoms with van der Waals surface area (Å²) in [4.78, 5) is 0. The average Bonchev–Trinajstić information content (AvgIpc) is 3.25. The predicted octanol–water partition coefficient (Wildman–Crippen LogP) is 4.69. The maximum absolute atomic E-state index is 11.0. The molecule has 1 heterocycles. The van der Waals surface area contributed by atoms with Crippen LogP contribution in [0.4, 0.5) is 0 Å². The monoisotopic (exact) mass is 460 g/mol. The fourth-order valence-electron chi connectivity index (χ4n) is 4.09. The molecule has 0 unspecified atom stereocenters. The van der Waals surface area contributed by atoms with Crippen LogP contribution in [-0.4, -0.2) is 42.2 Å². The molecule has 0 spiro atoms. The first-order chi connectivity index (χ1) is 16.7. The van der Waals surface area contributed by atoms with Crippen molar-refractivity contribution in [1.29, 1.82) is 0 Å². The van der Waals surface area contributed by atoms with Crippen LogP contribution in [0.1, 0.15) is 16.7 Å². The van der Waals surface area contributed by atoms with E-state index in [0.717, 1.165) is 16.7 Å². The number of hydrogen-bond donors (Lipinski definition) is 1. The quantitative estimate of drug-likeness (QED) is 0.398. The van der Waals surface area contributed by atoms with Gasteiger partial charge in [0.1, 0.15) is 30.5 Å². The van der Waals surface area contributed by atoms with E-state index in [4.69, 9.17) is 18.9 Å². The molecule has 0 amide bonds. The van der Waals surface area contributed by atoms with Crippen LogP contribution in [0.15, 0.2) is 104 Å². The van der Waals surface area contributed by atoms with E-state index in [9.17, 15) is 5.11 Å². The highest BCUT2D eigenvalue weighted by atomic mass is 16.6. The highest BCUT2D eigenvalue weighted by molar-refractivity contribution is 5.16. The Morgan fingerprint density at radius 3 is 1.71 bits per heavy atom. The molecular weight excluding hydrogens is 428 g/mol. The molecule has 0 bridgehead atoms. The Balaban J connectivity index is 1.43. The van der Waals surface area contributed by atoms with Crippen molar-refractivity contribution >= 4 is 0 Å². The number of rotatable bonds is 12. The molecule has 1 aliphatic rings. The van der Waals surface area contributed by atoms with Gasteiger partial charge in [-0.2, -0.15) is 0 Å². The first-order valence-electron chi connectivity index (χ1n) is 11.6. The van der Waals surface area contributed by atoms with Crippen molar-refractivity contribution in [2.75, 3.05) is 6.61 Å². The van der Waals surface area contributed by atoms with Gasteiger partial charge in [0.05, 0.1) is 26.4 Å². The maximum Gasteiger partial charge on any atom is 0.116 e. The van der Waals surface area contributed by atoms with Gasteiger partial charge >= 0.3 is 0 Å². The lowest BCUT2D eigenvalue weighted by atomic mass is 10.0. The van der Waals surface area contributed by atoms with Crippen LogP contribution >= 0.6 is 0 Å². The molecule has 0 aromatic heterocycles. The fraction of sp³-hybridized carbons (Fsp3) is 0.310. The Bertz CT molecular complexity index is 979. The number of hydrogen-bond acceptors (Lipinski definition) is 5. The van der Waals surface area contributed by atoms with Crippen LogP contribution in [-0.2, 0) is 38.8 Å². The van der Waals surface area contributed by atoms with E-state index in [-0.39, 0.29) is 6.61 Å². The molecule has 0 aliphatic carbocycles. The topological polar surface area (TPSA) is 57.2 Å². The third-order valence-corrected chi connectivity index (χ3v) is 5.87. The molecule has 5 heteroatoms. The summed E-state index contributed by atoms with van der Waals surface area (Å²) in [6, 6.07) is 29.8. The van der Waals surface area contributed by atoms with Crippen molar-refractivity contribution < 1.29 is 24.1 Å². The van der Waals surface area contributed by atoms with Crippen molar-refractivity contribution in [3.8, 4) is 0 Å². The Morgan fingerprint density at radius 1 is 0.735 bits per heavy atom. The summed E-state index contributed by atoms with van der Waals surface area (Å²) in [5.41, 5.74) is 3.15. The Hall–Kier alpha value is -2.80. The fourth-order valence-corrected chi connectivity index (χ4v) is 4.09. The zero-order valence-electron chi connectivity index (χ0n) is 19.2. The lowest BCUT2D eigenvalue weighted by Crippen LogP contribution is -2.43. The Labute approximate surface area is 201 Å². The van der Waals surface area contributed by atoms with Gasteiger partial charge < -0.3 is 24.1 Å². The van der Waals surface area contributed by atoms with Crippen LogP contribution in [0, 0.1) is 0 Å².